The molecule has 18 heavy (non-hydrogen) atoms. The van der Waals surface area contributed by atoms with E-state index in [-0.39, 0.29) is 0 Å². The molecule has 0 radical (unpaired) electrons. The lowest BCUT2D eigenvalue weighted by atomic mass is 9.81. The molecule has 0 fully saturated rings. The summed E-state index contributed by atoms with van der Waals surface area (Å²) in [5.74, 6) is 0. The van der Waals surface area contributed by atoms with Gasteiger partial charge in [0.2, 0.25) is 0 Å². The molecule has 0 aliphatic carbocycles. The smallest absolute Gasteiger partial charge is 0.00645 e. The summed E-state index contributed by atoms with van der Waals surface area (Å²) in [6.45, 7) is 15.3. The highest BCUT2D eigenvalue weighted by molar-refractivity contribution is 4.84. The van der Waals surface area contributed by atoms with E-state index in [9.17, 15) is 0 Å². The van der Waals surface area contributed by atoms with Crippen LogP contribution in [0.2, 0.25) is 0 Å². The van der Waals surface area contributed by atoms with Crippen LogP contribution in [0.3, 0.4) is 0 Å². The summed E-state index contributed by atoms with van der Waals surface area (Å²) in [5.41, 5.74) is 0.450. The van der Waals surface area contributed by atoms with E-state index in [4.69, 9.17) is 0 Å². The van der Waals surface area contributed by atoms with Crippen LogP contribution in [0, 0.1) is 5.41 Å². The van der Waals surface area contributed by atoms with Crippen molar-refractivity contribution in [1.82, 2.24) is 10.2 Å². The Bertz CT molecular complexity index is 188. The predicted molar refractivity (Wildman–Crippen MR) is 83.2 cm³/mol. The SMILES string of the molecule is CCCCN(CC(CC)(CC)CNC)C(C)CC. The zero-order chi connectivity index (χ0) is 14.0. The van der Waals surface area contributed by atoms with Gasteiger partial charge >= 0.3 is 0 Å². The number of nitrogens with one attached hydrogen (secondary N) is 1. The van der Waals surface area contributed by atoms with Gasteiger partial charge in [-0.25, -0.2) is 0 Å². The van der Waals surface area contributed by atoms with Crippen molar-refractivity contribution < 1.29 is 0 Å². The Morgan fingerprint density at radius 1 is 1.11 bits per heavy atom. The molecule has 2 nitrogen and oxygen atoms in total. The van der Waals surface area contributed by atoms with Crippen molar-refractivity contribution in [1.29, 1.82) is 0 Å². The van der Waals surface area contributed by atoms with Crippen LogP contribution in [0.1, 0.15) is 66.7 Å². The fraction of sp³-hybridized carbons (Fsp3) is 1.00. The van der Waals surface area contributed by atoms with Gasteiger partial charge in [-0.2, -0.15) is 0 Å². The molecular weight excluding hydrogens is 220 g/mol. The predicted octanol–water partition coefficient (Wildman–Crippen LogP) is 3.91. The quantitative estimate of drug-likeness (QED) is 0.603. The lowest BCUT2D eigenvalue weighted by Crippen LogP contribution is -2.46. The summed E-state index contributed by atoms with van der Waals surface area (Å²) < 4.78 is 0. The Balaban J connectivity index is 4.67. The van der Waals surface area contributed by atoms with Crippen molar-refractivity contribution in [3.05, 3.63) is 0 Å². The number of rotatable bonds is 11. The maximum Gasteiger partial charge on any atom is 0.00645 e. The van der Waals surface area contributed by atoms with Crippen molar-refractivity contribution in [3.8, 4) is 0 Å². The normalized spacial score (nSPS) is 14.2. The van der Waals surface area contributed by atoms with Gasteiger partial charge in [0.15, 0.2) is 0 Å². The van der Waals surface area contributed by atoms with Crippen LogP contribution >= 0.6 is 0 Å². The molecule has 0 bridgehead atoms. The Labute approximate surface area is 116 Å². The van der Waals surface area contributed by atoms with Crippen molar-refractivity contribution in [3.63, 3.8) is 0 Å². The molecule has 2 heteroatoms. The van der Waals surface area contributed by atoms with E-state index >= 15 is 0 Å². The molecule has 0 rings (SSSR count). The highest BCUT2D eigenvalue weighted by Gasteiger charge is 2.29. The Kier molecular flexibility index (Phi) is 9.76. The minimum absolute atomic E-state index is 0.450. The summed E-state index contributed by atoms with van der Waals surface area (Å²) in [5, 5.41) is 3.40. The molecule has 0 aliphatic heterocycles. The number of hydrogen-bond acceptors (Lipinski definition) is 2. The first kappa shape index (κ1) is 17.9. The number of hydrogen-bond donors (Lipinski definition) is 1. The second-order valence-electron chi connectivity index (χ2n) is 5.82. The molecule has 1 unspecified atom stereocenters. The Morgan fingerprint density at radius 2 is 1.72 bits per heavy atom. The maximum atomic E-state index is 3.40. The summed E-state index contributed by atoms with van der Waals surface area (Å²) >= 11 is 0. The molecule has 0 heterocycles. The van der Waals surface area contributed by atoms with Crippen LogP contribution in [0.15, 0.2) is 0 Å². The molecule has 0 saturated heterocycles. The van der Waals surface area contributed by atoms with Gasteiger partial charge in [0.05, 0.1) is 0 Å². The molecule has 0 aromatic heterocycles. The lowest BCUT2D eigenvalue weighted by molar-refractivity contribution is 0.102. The molecule has 110 valence electrons. The van der Waals surface area contributed by atoms with E-state index in [2.05, 4.69) is 51.9 Å². The molecule has 1 N–H and O–H groups in total. The molecule has 0 amide bonds. The van der Waals surface area contributed by atoms with E-state index in [1.165, 1.54) is 45.2 Å². The van der Waals surface area contributed by atoms with Gasteiger partial charge in [0.25, 0.3) is 0 Å². The minimum atomic E-state index is 0.450. The van der Waals surface area contributed by atoms with Gasteiger partial charge in [0.1, 0.15) is 0 Å². The molecule has 0 aliphatic rings. The zero-order valence-electron chi connectivity index (χ0n) is 13.7. The topological polar surface area (TPSA) is 15.3 Å². The van der Waals surface area contributed by atoms with Crippen molar-refractivity contribution >= 4 is 0 Å². The fourth-order valence-corrected chi connectivity index (χ4v) is 2.66. The molecule has 0 aromatic carbocycles. The standard InChI is InChI=1S/C16H36N2/c1-7-11-12-18(15(5)8-2)14-16(9-3,10-4)13-17-6/h15,17H,7-14H2,1-6H3. The van der Waals surface area contributed by atoms with Crippen molar-refractivity contribution in [2.24, 2.45) is 5.41 Å². The Hall–Kier alpha value is -0.0800. The average molecular weight is 256 g/mol. The van der Waals surface area contributed by atoms with Gasteiger partial charge < -0.3 is 10.2 Å². The van der Waals surface area contributed by atoms with Crippen molar-refractivity contribution in [2.45, 2.75) is 72.8 Å². The van der Waals surface area contributed by atoms with Crippen LogP contribution < -0.4 is 5.32 Å². The molecule has 0 saturated carbocycles. The molecule has 1 atom stereocenters. The van der Waals surface area contributed by atoms with Gasteiger partial charge in [-0.15, -0.1) is 0 Å². The maximum absolute atomic E-state index is 3.40. The van der Waals surface area contributed by atoms with Crippen LogP contribution in [-0.4, -0.2) is 37.6 Å². The van der Waals surface area contributed by atoms with Crippen molar-refractivity contribution in [2.75, 3.05) is 26.7 Å². The zero-order valence-corrected chi connectivity index (χ0v) is 13.7. The van der Waals surface area contributed by atoms with Crippen LogP contribution in [0.4, 0.5) is 0 Å². The first-order chi connectivity index (χ1) is 8.59. The summed E-state index contributed by atoms with van der Waals surface area (Å²) in [6, 6.07) is 0.714. The Morgan fingerprint density at radius 3 is 2.11 bits per heavy atom. The van der Waals surface area contributed by atoms with Crippen LogP contribution in [0.5, 0.6) is 0 Å². The average Bonchev–Trinajstić information content (AvgIpc) is 2.41. The van der Waals surface area contributed by atoms with E-state index in [0.29, 0.717) is 11.5 Å². The summed E-state index contributed by atoms with van der Waals surface area (Å²) in [7, 11) is 2.08. The number of unbranched alkanes of at least 4 members (excludes halogenated alkanes) is 1. The first-order valence-corrected chi connectivity index (χ1v) is 7.97. The monoisotopic (exact) mass is 256 g/mol. The third kappa shape index (κ3) is 5.71. The van der Waals surface area contributed by atoms with E-state index in [1.807, 2.05) is 0 Å². The molecule has 0 aromatic rings. The van der Waals surface area contributed by atoms with E-state index < -0.39 is 0 Å². The molecule has 0 spiro atoms. The first-order valence-electron chi connectivity index (χ1n) is 7.97. The molecular formula is C16H36N2. The summed E-state index contributed by atoms with van der Waals surface area (Å²) in [4.78, 5) is 2.72. The van der Waals surface area contributed by atoms with Gasteiger partial charge in [-0.05, 0) is 51.6 Å². The van der Waals surface area contributed by atoms with E-state index in [0.717, 1.165) is 6.54 Å². The number of nitrogens with zero attached hydrogens (tertiary/aromatic N) is 1. The van der Waals surface area contributed by atoms with E-state index in [1.54, 1.807) is 0 Å². The fourth-order valence-electron chi connectivity index (χ4n) is 2.66. The third-order valence-electron chi connectivity index (χ3n) is 4.60. The van der Waals surface area contributed by atoms with Crippen LogP contribution in [-0.2, 0) is 0 Å². The minimum Gasteiger partial charge on any atom is -0.319 e. The largest absolute Gasteiger partial charge is 0.319 e. The highest BCUT2D eigenvalue weighted by atomic mass is 15.2. The lowest BCUT2D eigenvalue weighted by Gasteiger charge is -2.40. The van der Waals surface area contributed by atoms with Gasteiger partial charge in [-0.1, -0.05) is 34.1 Å². The van der Waals surface area contributed by atoms with Gasteiger partial charge in [-0.3, -0.25) is 0 Å². The highest BCUT2D eigenvalue weighted by Crippen LogP contribution is 2.28. The second kappa shape index (κ2) is 9.80. The van der Waals surface area contributed by atoms with Crippen LogP contribution in [0.25, 0.3) is 0 Å². The second-order valence-corrected chi connectivity index (χ2v) is 5.82. The summed E-state index contributed by atoms with van der Waals surface area (Å²) in [6.07, 6.45) is 6.41. The van der Waals surface area contributed by atoms with Gasteiger partial charge in [0, 0.05) is 19.1 Å². The third-order valence-corrected chi connectivity index (χ3v) is 4.60.